The SMILES string of the molecule is CCCN(CC(F)(F)F)c1ccnc(NC)n1. The van der Waals surface area contributed by atoms with Crippen LogP contribution in [0.2, 0.25) is 0 Å². The summed E-state index contributed by atoms with van der Waals surface area (Å²) in [5.74, 6) is 0.592. The lowest BCUT2D eigenvalue weighted by Gasteiger charge is -2.24. The molecule has 0 amide bonds. The quantitative estimate of drug-likeness (QED) is 0.868. The minimum absolute atomic E-state index is 0.281. The Morgan fingerprint density at radius 3 is 2.65 bits per heavy atom. The molecule has 0 aliphatic rings. The average Bonchev–Trinajstić information content (AvgIpc) is 2.27. The first-order valence-electron chi connectivity index (χ1n) is 5.28. The summed E-state index contributed by atoms with van der Waals surface area (Å²) in [5, 5.41) is 2.70. The van der Waals surface area contributed by atoms with Gasteiger partial charge in [-0.2, -0.15) is 18.2 Å². The lowest BCUT2D eigenvalue weighted by atomic mass is 10.3. The molecule has 0 aliphatic carbocycles. The largest absolute Gasteiger partial charge is 0.405 e. The summed E-state index contributed by atoms with van der Waals surface area (Å²) in [6.45, 7) is 1.13. The van der Waals surface area contributed by atoms with E-state index in [4.69, 9.17) is 0 Å². The second-order valence-corrected chi connectivity index (χ2v) is 3.53. The molecule has 17 heavy (non-hydrogen) atoms. The van der Waals surface area contributed by atoms with Crippen molar-refractivity contribution in [2.45, 2.75) is 19.5 Å². The molecule has 0 atom stereocenters. The van der Waals surface area contributed by atoms with Gasteiger partial charge in [0.25, 0.3) is 0 Å². The Morgan fingerprint density at radius 2 is 2.12 bits per heavy atom. The van der Waals surface area contributed by atoms with E-state index in [0.29, 0.717) is 18.9 Å². The van der Waals surface area contributed by atoms with Gasteiger partial charge in [0.1, 0.15) is 12.4 Å². The zero-order valence-electron chi connectivity index (χ0n) is 9.75. The Kier molecular flexibility index (Phi) is 4.53. The molecule has 1 N–H and O–H groups in total. The lowest BCUT2D eigenvalue weighted by Crippen LogP contribution is -2.35. The molecule has 0 spiro atoms. The van der Waals surface area contributed by atoms with Crippen molar-refractivity contribution in [3.8, 4) is 0 Å². The second kappa shape index (κ2) is 5.70. The molecule has 4 nitrogen and oxygen atoms in total. The van der Waals surface area contributed by atoms with E-state index in [2.05, 4.69) is 15.3 Å². The van der Waals surface area contributed by atoms with E-state index >= 15 is 0 Å². The van der Waals surface area contributed by atoms with Crippen molar-refractivity contribution in [1.29, 1.82) is 0 Å². The van der Waals surface area contributed by atoms with Gasteiger partial charge in [-0.3, -0.25) is 0 Å². The van der Waals surface area contributed by atoms with Crippen LogP contribution in [0.1, 0.15) is 13.3 Å². The fourth-order valence-electron chi connectivity index (χ4n) is 1.41. The van der Waals surface area contributed by atoms with E-state index < -0.39 is 12.7 Å². The fourth-order valence-corrected chi connectivity index (χ4v) is 1.41. The van der Waals surface area contributed by atoms with Crippen LogP contribution in [-0.2, 0) is 0 Å². The molecule has 0 saturated carbocycles. The number of aromatic nitrogens is 2. The topological polar surface area (TPSA) is 41.1 Å². The summed E-state index contributed by atoms with van der Waals surface area (Å²) in [4.78, 5) is 9.06. The van der Waals surface area contributed by atoms with Gasteiger partial charge in [-0.05, 0) is 12.5 Å². The minimum Gasteiger partial charge on any atom is -0.357 e. The standard InChI is InChI=1S/C10H15F3N4/c1-3-6-17(7-10(11,12)13)8-4-5-15-9(14-2)16-8/h4-5H,3,6-7H2,1-2H3,(H,14,15,16). The molecule has 96 valence electrons. The van der Waals surface area contributed by atoms with E-state index in [-0.39, 0.29) is 5.82 Å². The van der Waals surface area contributed by atoms with Crippen molar-refractivity contribution < 1.29 is 13.2 Å². The Bertz CT molecular complexity index is 354. The molecule has 1 rings (SSSR count). The van der Waals surface area contributed by atoms with Crippen molar-refractivity contribution in [3.05, 3.63) is 12.3 Å². The molecule has 1 heterocycles. The number of hydrogen-bond donors (Lipinski definition) is 1. The number of anilines is 2. The van der Waals surface area contributed by atoms with Gasteiger partial charge >= 0.3 is 6.18 Å². The van der Waals surface area contributed by atoms with Gasteiger partial charge in [0.05, 0.1) is 0 Å². The summed E-state index contributed by atoms with van der Waals surface area (Å²) >= 11 is 0. The van der Waals surface area contributed by atoms with Crippen LogP contribution in [0.4, 0.5) is 24.9 Å². The average molecular weight is 248 g/mol. The number of rotatable bonds is 5. The maximum Gasteiger partial charge on any atom is 0.405 e. The second-order valence-electron chi connectivity index (χ2n) is 3.53. The highest BCUT2D eigenvalue weighted by Gasteiger charge is 2.31. The summed E-state index contributed by atoms with van der Waals surface area (Å²) in [6.07, 6.45) is -2.18. The molecule has 0 unspecified atom stereocenters. The third-order valence-electron chi connectivity index (χ3n) is 2.05. The van der Waals surface area contributed by atoms with Gasteiger partial charge in [0.15, 0.2) is 0 Å². The molecular formula is C10H15F3N4. The molecular weight excluding hydrogens is 233 g/mol. The Labute approximate surface area is 97.9 Å². The molecule has 0 fully saturated rings. The zero-order valence-corrected chi connectivity index (χ0v) is 9.75. The van der Waals surface area contributed by atoms with Gasteiger partial charge in [-0.25, -0.2) is 4.98 Å². The van der Waals surface area contributed by atoms with E-state index in [1.807, 2.05) is 6.92 Å². The number of halogens is 3. The highest BCUT2D eigenvalue weighted by Crippen LogP contribution is 2.21. The first kappa shape index (κ1) is 13.5. The third kappa shape index (κ3) is 4.46. The molecule has 1 aromatic heterocycles. The van der Waals surface area contributed by atoms with Crippen LogP contribution in [0.3, 0.4) is 0 Å². The summed E-state index contributed by atoms with van der Waals surface area (Å²) in [5.41, 5.74) is 0. The van der Waals surface area contributed by atoms with Crippen LogP contribution < -0.4 is 10.2 Å². The summed E-state index contributed by atoms with van der Waals surface area (Å²) in [6, 6.07) is 1.47. The highest BCUT2D eigenvalue weighted by molar-refractivity contribution is 5.42. The van der Waals surface area contributed by atoms with E-state index in [1.165, 1.54) is 17.2 Å². The van der Waals surface area contributed by atoms with Crippen LogP contribution in [0, 0.1) is 0 Å². The van der Waals surface area contributed by atoms with Crippen LogP contribution in [0.15, 0.2) is 12.3 Å². The maximum atomic E-state index is 12.4. The number of nitrogens with zero attached hydrogens (tertiary/aromatic N) is 3. The Morgan fingerprint density at radius 1 is 1.41 bits per heavy atom. The van der Waals surface area contributed by atoms with E-state index in [1.54, 1.807) is 7.05 Å². The molecule has 0 aromatic carbocycles. The van der Waals surface area contributed by atoms with Crippen molar-refractivity contribution in [2.75, 3.05) is 30.4 Å². The molecule has 0 saturated heterocycles. The number of alkyl halides is 3. The predicted octanol–water partition coefficient (Wildman–Crippen LogP) is 2.30. The fraction of sp³-hybridized carbons (Fsp3) is 0.600. The van der Waals surface area contributed by atoms with Crippen LogP contribution in [-0.4, -0.2) is 36.3 Å². The summed E-state index contributed by atoms with van der Waals surface area (Å²) < 4.78 is 37.2. The van der Waals surface area contributed by atoms with Crippen molar-refractivity contribution >= 4 is 11.8 Å². The molecule has 7 heteroatoms. The van der Waals surface area contributed by atoms with Crippen LogP contribution in [0.5, 0.6) is 0 Å². The first-order chi connectivity index (χ1) is 7.96. The highest BCUT2D eigenvalue weighted by atomic mass is 19.4. The third-order valence-corrected chi connectivity index (χ3v) is 2.05. The smallest absolute Gasteiger partial charge is 0.357 e. The lowest BCUT2D eigenvalue weighted by molar-refractivity contribution is -0.119. The minimum atomic E-state index is -4.24. The molecule has 1 aromatic rings. The monoisotopic (exact) mass is 248 g/mol. The van der Waals surface area contributed by atoms with E-state index in [0.717, 1.165) is 0 Å². The molecule has 0 radical (unpaired) electrons. The Balaban J connectivity index is 2.88. The van der Waals surface area contributed by atoms with E-state index in [9.17, 15) is 13.2 Å². The zero-order chi connectivity index (χ0) is 12.9. The molecule has 0 bridgehead atoms. The van der Waals surface area contributed by atoms with Crippen LogP contribution in [0.25, 0.3) is 0 Å². The molecule has 0 aliphatic heterocycles. The summed E-state index contributed by atoms with van der Waals surface area (Å²) in [7, 11) is 1.62. The van der Waals surface area contributed by atoms with Crippen molar-refractivity contribution in [1.82, 2.24) is 9.97 Å². The van der Waals surface area contributed by atoms with Gasteiger partial charge < -0.3 is 10.2 Å². The predicted molar refractivity (Wildman–Crippen MR) is 60.1 cm³/mol. The normalized spacial score (nSPS) is 11.4. The van der Waals surface area contributed by atoms with Gasteiger partial charge in [-0.1, -0.05) is 6.92 Å². The van der Waals surface area contributed by atoms with Gasteiger partial charge in [-0.15, -0.1) is 0 Å². The maximum absolute atomic E-state index is 12.4. The van der Waals surface area contributed by atoms with Crippen molar-refractivity contribution in [2.24, 2.45) is 0 Å². The number of nitrogens with one attached hydrogen (secondary N) is 1. The van der Waals surface area contributed by atoms with Crippen LogP contribution >= 0.6 is 0 Å². The van der Waals surface area contributed by atoms with Gasteiger partial charge in [0, 0.05) is 19.8 Å². The van der Waals surface area contributed by atoms with Crippen molar-refractivity contribution in [3.63, 3.8) is 0 Å². The number of hydrogen-bond acceptors (Lipinski definition) is 4. The van der Waals surface area contributed by atoms with Gasteiger partial charge in [0.2, 0.25) is 5.95 Å². The Hall–Kier alpha value is -1.53. The first-order valence-corrected chi connectivity index (χ1v) is 5.28.